The number of nitrogens with one attached hydrogen (secondary N) is 1. The molecule has 2 N–H and O–H groups in total. The zero-order chi connectivity index (χ0) is 26.4. The van der Waals surface area contributed by atoms with E-state index in [1.54, 1.807) is 6.92 Å². The summed E-state index contributed by atoms with van der Waals surface area (Å²) in [6.07, 6.45) is -0.000415. The van der Waals surface area contributed by atoms with Crippen LogP contribution in [-0.4, -0.2) is 36.7 Å². The van der Waals surface area contributed by atoms with Crippen molar-refractivity contribution in [1.29, 1.82) is 0 Å². The summed E-state index contributed by atoms with van der Waals surface area (Å²) in [6, 6.07) is 22.2. The number of nitrogens with zero attached hydrogens (tertiary/aromatic N) is 1. The molecule has 1 unspecified atom stereocenters. The number of carbonyl (C=O) groups is 1. The van der Waals surface area contributed by atoms with Gasteiger partial charge in [0.1, 0.15) is 18.4 Å². The zero-order valence-electron chi connectivity index (χ0n) is 20.6. The SMILES string of the molecule is CC#CCOc1ccc(S(=O)(=O)NC(Cc2c(C)n(Cc3ccccc3)c3ccccc23)C(=O)O)cc1. The third kappa shape index (κ3) is 6.02. The predicted octanol–water partition coefficient (Wildman–Crippen LogP) is 4.37. The van der Waals surface area contributed by atoms with Crippen molar-refractivity contribution in [2.75, 3.05) is 6.61 Å². The van der Waals surface area contributed by atoms with Gasteiger partial charge in [0.2, 0.25) is 10.0 Å². The van der Waals surface area contributed by atoms with Crippen LogP contribution in [0.1, 0.15) is 23.7 Å². The van der Waals surface area contributed by atoms with E-state index in [1.165, 1.54) is 24.3 Å². The van der Waals surface area contributed by atoms with E-state index in [0.717, 1.165) is 27.7 Å². The lowest BCUT2D eigenvalue weighted by atomic mass is 10.0. The fraction of sp³-hybridized carbons (Fsp3) is 0.207. The normalized spacial score (nSPS) is 12.1. The van der Waals surface area contributed by atoms with Crippen LogP contribution in [0.15, 0.2) is 83.8 Å². The Hall–Kier alpha value is -4.06. The average molecular weight is 517 g/mol. The van der Waals surface area contributed by atoms with Gasteiger partial charge in [-0.3, -0.25) is 4.79 Å². The van der Waals surface area contributed by atoms with Crippen molar-refractivity contribution in [2.24, 2.45) is 0 Å². The number of sulfonamides is 1. The fourth-order valence-electron chi connectivity index (χ4n) is 4.28. The second-order valence-electron chi connectivity index (χ2n) is 8.56. The monoisotopic (exact) mass is 516 g/mol. The molecule has 0 aliphatic carbocycles. The van der Waals surface area contributed by atoms with Crippen LogP contribution in [0.2, 0.25) is 0 Å². The topological polar surface area (TPSA) is 97.6 Å². The summed E-state index contributed by atoms with van der Waals surface area (Å²) in [7, 11) is -4.10. The van der Waals surface area contributed by atoms with Crippen molar-refractivity contribution >= 4 is 26.9 Å². The van der Waals surface area contributed by atoms with Gasteiger partial charge in [-0.2, -0.15) is 4.72 Å². The molecule has 8 heteroatoms. The van der Waals surface area contributed by atoms with E-state index in [0.29, 0.717) is 12.3 Å². The number of fused-ring (bicyclic) bond motifs is 1. The summed E-state index contributed by atoms with van der Waals surface area (Å²) >= 11 is 0. The molecule has 7 nitrogen and oxygen atoms in total. The maximum absolute atomic E-state index is 13.1. The van der Waals surface area contributed by atoms with Crippen LogP contribution in [0.3, 0.4) is 0 Å². The van der Waals surface area contributed by atoms with E-state index in [-0.39, 0.29) is 17.9 Å². The first kappa shape index (κ1) is 26.0. The maximum atomic E-state index is 13.1. The molecule has 0 spiro atoms. The van der Waals surface area contributed by atoms with Gasteiger partial charge in [0.15, 0.2) is 0 Å². The Labute approximate surface area is 216 Å². The minimum atomic E-state index is -4.10. The molecule has 0 bridgehead atoms. The Morgan fingerprint density at radius 1 is 1.03 bits per heavy atom. The van der Waals surface area contributed by atoms with Gasteiger partial charge in [-0.1, -0.05) is 54.5 Å². The molecule has 0 aliphatic rings. The Balaban J connectivity index is 1.61. The van der Waals surface area contributed by atoms with Crippen LogP contribution < -0.4 is 9.46 Å². The highest BCUT2D eigenvalue weighted by molar-refractivity contribution is 7.89. The number of carboxylic acids is 1. The number of carboxylic acid groups (broad SMARTS) is 1. The highest BCUT2D eigenvalue weighted by Gasteiger charge is 2.28. The minimum Gasteiger partial charge on any atom is -0.481 e. The highest BCUT2D eigenvalue weighted by Crippen LogP contribution is 2.28. The number of aliphatic carboxylic acids is 1. The summed E-state index contributed by atoms with van der Waals surface area (Å²) in [5.74, 6) is 4.70. The van der Waals surface area contributed by atoms with Crippen molar-refractivity contribution in [2.45, 2.75) is 37.8 Å². The molecule has 3 aromatic carbocycles. The predicted molar refractivity (Wildman–Crippen MR) is 143 cm³/mol. The van der Waals surface area contributed by atoms with E-state index < -0.39 is 22.0 Å². The molecule has 0 fully saturated rings. The molecule has 0 saturated carbocycles. The third-order valence-electron chi connectivity index (χ3n) is 6.17. The van der Waals surface area contributed by atoms with Crippen LogP contribution in [-0.2, 0) is 27.8 Å². The summed E-state index contributed by atoms with van der Waals surface area (Å²) < 4.78 is 36.1. The van der Waals surface area contributed by atoms with Gasteiger partial charge in [0.05, 0.1) is 4.90 Å². The maximum Gasteiger partial charge on any atom is 0.322 e. The highest BCUT2D eigenvalue weighted by atomic mass is 32.2. The lowest BCUT2D eigenvalue weighted by Crippen LogP contribution is -2.42. The quantitative estimate of drug-likeness (QED) is 0.305. The van der Waals surface area contributed by atoms with Crippen LogP contribution in [0.5, 0.6) is 5.75 Å². The van der Waals surface area contributed by atoms with Crippen molar-refractivity contribution in [3.8, 4) is 17.6 Å². The smallest absolute Gasteiger partial charge is 0.322 e. The van der Waals surface area contributed by atoms with Gasteiger partial charge in [-0.15, -0.1) is 5.92 Å². The summed E-state index contributed by atoms with van der Waals surface area (Å²) in [5.41, 5.74) is 3.77. The number of hydrogen-bond acceptors (Lipinski definition) is 4. The minimum absolute atomic E-state index is 0.000415. The second-order valence-corrected chi connectivity index (χ2v) is 10.3. The molecule has 1 aromatic heterocycles. The summed E-state index contributed by atoms with van der Waals surface area (Å²) in [5, 5.41) is 10.8. The van der Waals surface area contributed by atoms with E-state index >= 15 is 0 Å². The van der Waals surface area contributed by atoms with Gasteiger partial charge in [0.25, 0.3) is 0 Å². The number of aromatic nitrogens is 1. The first-order valence-electron chi connectivity index (χ1n) is 11.8. The number of benzene rings is 3. The molecule has 190 valence electrons. The average Bonchev–Trinajstić information content (AvgIpc) is 3.15. The molecule has 4 aromatic rings. The second kappa shape index (κ2) is 11.3. The van der Waals surface area contributed by atoms with E-state index in [1.807, 2.05) is 61.5 Å². The number of ether oxygens (including phenoxy) is 1. The third-order valence-corrected chi connectivity index (χ3v) is 7.66. The van der Waals surface area contributed by atoms with Crippen molar-refractivity contribution in [3.63, 3.8) is 0 Å². The Morgan fingerprint density at radius 3 is 2.38 bits per heavy atom. The molecule has 0 aliphatic heterocycles. The molecule has 1 heterocycles. The molecule has 4 rings (SSSR count). The van der Waals surface area contributed by atoms with Crippen LogP contribution >= 0.6 is 0 Å². The Morgan fingerprint density at radius 2 is 1.70 bits per heavy atom. The lowest BCUT2D eigenvalue weighted by molar-refractivity contribution is -0.138. The van der Waals surface area contributed by atoms with Crippen molar-refractivity contribution in [3.05, 3.63) is 95.7 Å². The molecule has 0 amide bonds. The fourth-order valence-corrected chi connectivity index (χ4v) is 5.46. The number of hydrogen-bond donors (Lipinski definition) is 2. The molecular formula is C29H28N2O5S. The largest absolute Gasteiger partial charge is 0.481 e. The molecule has 1 atom stereocenters. The van der Waals surface area contributed by atoms with E-state index in [2.05, 4.69) is 21.1 Å². The molecule has 0 radical (unpaired) electrons. The van der Waals surface area contributed by atoms with Crippen LogP contribution in [0, 0.1) is 18.8 Å². The summed E-state index contributed by atoms with van der Waals surface area (Å²) in [6.45, 7) is 4.45. The van der Waals surface area contributed by atoms with Gasteiger partial charge in [-0.05, 0) is 55.3 Å². The van der Waals surface area contributed by atoms with Crippen molar-refractivity contribution < 1.29 is 23.1 Å². The van der Waals surface area contributed by atoms with E-state index in [9.17, 15) is 18.3 Å². The van der Waals surface area contributed by atoms with Gasteiger partial charge >= 0.3 is 5.97 Å². The van der Waals surface area contributed by atoms with Crippen LogP contribution in [0.4, 0.5) is 0 Å². The number of rotatable bonds is 10. The number of para-hydroxylation sites is 1. The first-order valence-corrected chi connectivity index (χ1v) is 13.3. The van der Waals surface area contributed by atoms with Gasteiger partial charge in [-0.25, -0.2) is 8.42 Å². The Bertz CT molecular complexity index is 1560. The molecular weight excluding hydrogens is 488 g/mol. The van der Waals surface area contributed by atoms with Crippen molar-refractivity contribution in [1.82, 2.24) is 9.29 Å². The molecule has 37 heavy (non-hydrogen) atoms. The van der Waals surface area contributed by atoms with Gasteiger partial charge in [0, 0.05) is 29.6 Å². The van der Waals surface area contributed by atoms with Gasteiger partial charge < -0.3 is 14.4 Å². The first-order chi connectivity index (χ1) is 17.8. The van der Waals surface area contributed by atoms with Crippen LogP contribution in [0.25, 0.3) is 10.9 Å². The Kier molecular flexibility index (Phi) is 7.97. The standard InChI is InChI=1S/C29H28N2O5S/c1-3-4-18-36-23-14-16-24(17-15-23)37(34,35)30-27(29(32)33)19-26-21(2)31(20-22-10-6-5-7-11-22)28-13-9-8-12-25(26)28/h5-17,27,30H,18-20H2,1-2H3,(H,32,33). The zero-order valence-corrected chi connectivity index (χ0v) is 21.5. The summed E-state index contributed by atoms with van der Waals surface area (Å²) in [4.78, 5) is 12.1. The molecule has 0 saturated heterocycles. The van der Waals surface area contributed by atoms with E-state index in [4.69, 9.17) is 4.74 Å². The lowest BCUT2D eigenvalue weighted by Gasteiger charge is -2.16.